The van der Waals surface area contributed by atoms with Crippen LogP contribution in [-0.2, 0) is 6.18 Å². The molecule has 0 fully saturated rings. The first-order chi connectivity index (χ1) is 8.99. The molecule has 0 atom stereocenters. The van der Waals surface area contributed by atoms with E-state index < -0.39 is 11.9 Å². The lowest BCUT2D eigenvalue weighted by Gasteiger charge is -2.08. The molecule has 0 spiro atoms. The maximum atomic E-state index is 12.4. The second kappa shape index (κ2) is 4.94. The predicted octanol–water partition coefficient (Wildman–Crippen LogP) is 3.16. The Morgan fingerprint density at radius 2 is 1.79 bits per heavy atom. The summed E-state index contributed by atoms with van der Waals surface area (Å²) in [6, 6.07) is 7.80. The molecule has 19 heavy (non-hydrogen) atoms. The summed E-state index contributed by atoms with van der Waals surface area (Å²) < 4.78 is 42.4. The summed E-state index contributed by atoms with van der Waals surface area (Å²) >= 11 is 0. The van der Waals surface area contributed by atoms with Gasteiger partial charge in [-0.3, -0.25) is 4.98 Å². The van der Waals surface area contributed by atoms with Crippen LogP contribution in [0, 0.1) is 11.3 Å². The van der Waals surface area contributed by atoms with Crippen LogP contribution in [0.4, 0.5) is 13.2 Å². The Balaban J connectivity index is 2.21. The van der Waals surface area contributed by atoms with Crippen molar-refractivity contribution in [2.75, 3.05) is 0 Å². The highest BCUT2D eigenvalue weighted by atomic mass is 19.4. The molecule has 0 radical (unpaired) electrons. The fraction of sp³-hybridized carbons (Fsp3) is 0.0833. The molecular weight excluding hydrogens is 259 g/mol. The summed E-state index contributed by atoms with van der Waals surface area (Å²) in [7, 11) is 0. The third kappa shape index (κ3) is 3.19. The molecule has 7 heteroatoms. The normalized spacial score (nSPS) is 10.8. The van der Waals surface area contributed by atoms with Crippen LogP contribution in [0.5, 0.6) is 11.6 Å². The average Bonchev–Trinajstić information content (AvgIpc) is 2.39. The second-order valence-electron chi connectivity index (χ2n) is 3.48. The van der Waals surface area contributed by atoms with E-state index in [1.54, 1.807) is 0 Å². The first kappa shape index (κ1) is 12.8. The number of ether oxygens (including phenoxy) is 1. The van der Waals surface area contributed by atoms with Gasteiger partial charge in [-0.2, -0.15) is 18.4 Å². The van der Waals surface area contributed by atoms with Gasteiger partial charge in [-0.1, -0.05) is 0 Å². The number of halogens is 3. The van der Waals surface area contributed by atoms with E-state index in [9.17, 15) is 13.2 Å². The number of alkyl halides is 3. The molecule has 2 aromatic rings. The Labute approximate surface area is 106 Å². The summed E-state index contributed by atoms with van der Waals surface area (Å²) in [6.45, 7) is 0. The number of aromatic nitrogens is 2. The maximum Gasteiger partial charge on any atom is 0.435 e. The minimum Gasteiger partial charge on any atom is -0.437 e. The van der Waals surface area contributed by atoms with E-state index in [4.69, 9.17) is 10.00 Å². The zero-order chi connectivity index (χ0) is 13.9. The van der Waals surface area contributed by atoms with Crippen LogP contribution in [0.1, 0.15) is 11.3 Å². The number of rotatable bonds is 2. The molecule has 0 aliphatic rings. The smallest absolute Gasteiger partial charge is 0.435 e. The monoisotopic (exact) mass is 265 g/mol. The Bertz CT molecular complexity index is 617. The van der Waals surface area contributed by atoms with Crippen molar-refractivity contribution < 1.29 is 17.9 Å². The number of nitriles is 1. The van der Waals surface area contributed by atoms with Gasteiger partial charge < -0.3 is 4.74 Å². The summed E-state index contributed by atoms with van der Waals surface area (Å²) in [5.41, 5.74) is -0.707. The Hall–Kier alpha value is -2.62. The first-order valence-corrected chi connectivity index (χ1v) is 5.06. The molecule has 0 aliphatic heterocycles. The van der Waals surface area contributed by atoms with Gasteiger partial charge in [0.25, 0.3) is 0 Å². The molecule has 1 aromatic carbocycles. The highest BCUT2D eigenvalue weighted by molar-refractivity contribution is 5.35. The average molecular weight is 265 g/mol. The van der Waals surface area contributed by atoms with E-state index in [1.807, 2.05) is 6.07 Å². The molecule has 1 heterocycles. The molecule has 0 saturated heterocycles. The van der Waals surface area contributed by atoms with Crippen molar-refractivity contribution in [2.24, 2.45) is 0 Å². The predicted molar refractivity (Wildman–Crippen MR) is 58.3 cm³/mol. The highest BCUT2D eigenvalue weighted by Crippen LogP contribution is 2.29. The maximum absolute atomic E-state index is 12.4. The molecule has 96 valence electrons. The van der Waals surface area contributed by atoms with E-state index in [1.165, 1.54) is 24.3 Å². The first-order valence-electron chi connectivity index (χ1n) is 5.06. The fourth-order valence-corrected chi connectivity index (χ4v) is 1.25. The molecule has 4 nitrogen and oxygen atoms in total. The van der Waals surface area contributed by atoms with Gasteiger partial charge in [0, 0.05) is 0 Å². The molecule has 0 unspecified atom stereocenters. The van der Waals surface area contributed by atoms with E-state index in [0.29, 0.717) is 11.8 Å². The van der Waals surface area contributed by atoms with Gasteiger partial charge in [0.2, 0.25) is 5.88 Å². The SMILES string of the molecule is N#Cc1ccc(Oc2cncc(C(F)(F)F)n2)cc1. The van der Waals surface area contributed by atoms with Gasteiger partial charge in [0.15, 0.2) is 5.69 Å². The van der Waals surface area contributed by atoms with Crippen molar-refractivity contribution in [2.45, 2.75) is 6.18 Å². The van der Waals surface area contributed by atoms with Crippen molar-refractivity contribution in [3.05, 3.63) is 47.9 Å². The Kier molecular flexibility index (Phi) is 3.33. The van der Waals surface area contributed by atoms with Crippen LogP contribution in [0.25, 0.3) is 0 Å². The summed E-state index contributed by atoms with van der Waals surface area (Å²) in [6.07, 6.45) is -2.88. The van der Waals surface area contributed by atoms with Gasteiger partial charge in [0.1, 0.15) is 5.75 Å². The lowest BCUT2D eigenvalue weighted by molar-refractivity contribution is -0.141. The quantitative estimate of drug-likeness (QED) is 0.836. The molecule has 2 rings (SSSR count). The standard InChI is InChI=1S/C12H6F3N3O/c13-12(14,15)10-6-17-7-11(18-10)19-9-3-1-8(5-16)2-4-9/h1-4,6-7H. The third-order valence-corrected chi connectivity index (χ3v) is 2.11. The van der Waals surface area contributed by atoms with Crippen molar-refractivity contribution in [1.82, 2.24) is 9.97 Å². The van der Waals surface area contributed by atoms with Crippen LogP contribution in [0.3, 0.4) is 0 Å². The highest BCUT2D eigenvalue weighted by Gasteiger charge is 2.33. The molecule has 0 bridgehead atoms. The van der Waals surface area contributed by atoms with E-state index in [2.05, 4.69) is 9.97 Å². The summed E-state index contributed by atoms with van der Waals surface area (Å²) in [4.78, 5) is 6.73. The number of hydrogen-bond donors (Lipinski definition) is 0. The minimum absolute atomic E-state index is 0.264. The van der Waals surface area contributed by atoms with Gasteiger partial charge in [-0.05, 0) is 24.3 Å². The Morgan fingerprint density at radius 3 is 2.37 bits per heavy atom. The van der Waals surface area contributed by atoms with Gasteiger partial charge in [-0.25, -0.2) is 4.98 Å². The molecule has 0 N–H and O–H groups in total. The third-order valence-electron chi connectivity index (χ3n) is 2.11. The van der Waals surface area contributed by atoms with E-state index in [-0.39, 0.29) is 11.6 Å². The van der Waals surface area contributed by atoms with Gasteiger partial charge >= 0.3 is 6.18 Å². The van der Waals surface area contributed by atoms with Crippen LogP contribution >= 0.6 is 0 Å². The molecule has 0 saturated carbocycles. The zero-order valence-electron chi connectivity index (χ0n) is 9.35. The van der Waals surface area contributed by atoms with Crippen LogP contribution in [0.15, 0.2) is 36.7 Å². The molecule has 0 amide bonds. The van der Waals surface area contributed by atoms with E-state index in [0.717, 1.165) is 6.20 Å². The lowest BCUT2D eigenvalue weighted by atomic mass is 10.2. The molecule has 1 aromatic heterocycles. The summed E-state index contributed by atoms with van der Waals surface area (Å²) in [5, 5.41) is 8.61. The van der Waals surface area contributed by atoms with E-state index >= 15 is 0 Å². The largest absolute Gasteiger partial charge is 0.437 e. The molecular formula is C12H6F3N3O. The van der Waals surface area contributed by atoms with Crippen molar-refractivity contribution >= 4 is 0 Å². The zero-order valence-corrected chi connectivity index (χ0v) is 9.35. The van der Waals surface area contributed by atoms with Crippen molar-refractivity contribution in [3.8, 4) is 17.7 Å². The molecule has 0 aliphatic carbocycles. The van der Waals surface area contributed by atoms with Crippen molar-refractivity contribution in [1.29, 1.82) is 5.26 Å². The minimum atomic E-state index is -4.57. The number of nitrogens with zero attached hydrogens (tertiary/aromatic N) is 3. The Morgan fingerprint density at radius 1 is 1.11 bits per heavy atom. The topological polar surface area (TPSA) is 58.8 Å². The number of hydrogen-bond acceptors (Lipinski definition) is 4. The lowest BCUT2D eigenvalue weighted by Crippen LogP contribution is -2.08. The van der Waals surface area contributed by atoms with Gasteiger partial charge in [0.05, 0.1) is 24.0 Å². The number of benzene rings is 1. The van der Waals surface area contributed by atoms with Crippen molar-refractivity contribution in [3.63, 3.8) is 0 Å². The van der Waals surface area contributed by atoms with Crippen LogP contribution in [-0.4, -0.2) is 9.97 Å². The van der Waals surface area contributed by atoms with Crippen LogP contribution in [0.2, 0.25) is 0 Å². The van der Waals surface area contributed by atoms with Gasteiger partial charge in [-0.15, -0.1) is 0 Å². The second-order valence-corrected chi connectivity index (χ2v) is 3.48. The summed E-state index contributed by atoms with van der Waals surface area (Å²) in [5.74, 6) is 0.00663. The van der Waals surface area contributed by atoms with Crippen LogP contribution < -0.4 is 4.74 Å². The fourth-order valence-electron chi connectivity index (χ4n) is 1.25.